The number of furan rings is 1. The molecule has 2 aromatic carbocycles. The summed E-state index contributed by atoms with van der Waals surface area (Å²) in [6.07, 6.45) is 1.11. The van der Waals surface area contributed by atoms with Gasteiger partial charge in [0.1, 0.15) is 17.8 Å². The van der Waals surface area contributed by atoms with Gasteiger partial charge in [0, 0.05) is 23.9 Å². The fourth-order valence-corrected chi connectivity index (χ4v) is 3.22. The van der Waals surface area contributed by atoms with Gasteiger partial charge in [-0.25, -0.2) is 0 Å². The van der Waals surface area contributed by atoms with E-state index in [1.807, 2.05) is 59.5 Å². The molecule has 7 heteroatoms. The summed E-state index contributed by atoms with van der Waals surface area (Å²) >= 11 is 0. The van der Waals surface area contributed by atoms with Gasteiger partial charge < -0.3 is 25.1 Å². The minimum absolute atomic E-state index is 0.139. The van der Waals surface area contributed by atoms with Crippen LogP contribution in [-0.2, 0) is 4.79 Å². The van der Waals surface area contributed by atoms with Crippen LogP contribution in [0.5, 0.6) is 5.75 Å². The molecule has 1 atom stereocenters. The number of anilines is 2. The molecule has 1 amide bonds. The number of aliphatic imine (C=N–C) groups is 1. The standard InChI is InChI=1S/C21H20N4O3/c1-13(26)23-15-5-3-4-14(12-15)20-24-21-18(10-11-28-21)19(22)25(20)16-6-8-17(27-2)9-7-16/h3-12,19H,22H2,1-2H3,(H,23,26). The van der Waals surface area contributed by atoms with Gasteiger partial charge in [0.2, 0.25) is 11.8 Å². The van der Waals surface area contributed by atoms with Crippen molar-refractivity contribution in [2.24, 2.45) is 10.7 Å². The summed E-state index contributed by atoms with van der Waals surface area (Å²) in [5.41, 5.74) is 9.72. The number of carbonyl (C=O) groups excluding carboxylic acids is 1. The molecule has 0 fully saturated rings. The zero-order chi connectivity index (χ0) is 19.7. The second-order valence-electron chi connectivity index (χ2n) is 6.39. The van der Waals surface area contributed by atoms with Crippen LogP contribution in [0, 0.1) is 0 Å². The van der Waals surface area contributed by atoms with Crippen molar-refractivity contribution in [3.8, 4) is 5.75 Å². The van der Waals surface area contributed by atoms with Gasteiger partial charge in [-0.05, 0) is 42.5 Å². The molecule has 1 aliphatic rings. The van der Waals surface area contributed by atoms with Gasteiger partial charge in [-0.3, -0.25) is 4.79 Å². The number of amidine groups is 1. The molecule has 1 aliphatic heterocycles. The van der Waals surface area contributed by atoms with Gasteiger partial charge in [0.05, 0.1) is 18.9 Å². The number of nitrogens with one attached hydrogen (secondary N) is 1. The number of carbonyl (C=O) groups is 1. The molecular formula is C21H20N4O3. The highest BCUT2D eigenvalue weighted by Crippen LogP contribution is 2.38. The Morgan fingerprint density at radius 1 is 1.21 bits per heavy atom. The van der Waals surface area contributed by atoms with Crippen molar-refractivity contribution >= 4 is 29.0 Å². The van der Waals surface area contributed by atoms with Gasteiger partial charge in [-0.2, -0.15) is 4.99 Å². The summed E-state index contributed by atoms with van der Waals surface area (Å²) in [4.78, 5) is 18.1. The lowest BCUT2D eigenvalue weighted by Gasteiger charge is -2.34. The second-order valence-corrected chi connectivity index (χ2v) is 6.39. The Kier molecular flexibility index (Phi) is 4.58. The smallest absolute Gasteiger partial charge is 0.227 e. The van der Waals surface area contributed by atoms with Crippen LogP contribution >= 0.6 is 0 Å². The lowest BCUT2D eigenvalue weighted by atomic mass is 10.1. The molecule has 0 spiro atoms. The monoisotopic (exact) mass is 376 g/mol. The molecule has 3 N–H and O–H groups in total. The van der Waals surface area contributed by atoms with Crippen LogP contribution in [0.2, 0.25) is 0 Å². The number of amides is 1. The molecule has 3 aromatic rings. The van der Waals surface area contributed by atoms with Crippen molar-refractivity contribution in [3.63, 3.8) is 0 Å². The Labute approximate surface area is 162 Å². The number of nitrogens with zero attached hydrogens (tertiary/aromatic N) is 2. The van der Waals surface area contributed by atoms with E-state index < -0.39 is 6.17 Å². The maximum Gasteiger partial charge on any atom is 0.227 e. The molecule has 0 bridgehead atoms. The molecular weight excluding hydrogens is 356 g/mol. The van der Waals surface area contributed by atoms with E-state index in [0.29, 0.717) is 17.4 Å². The first-order chi connectivity index (χ1) is 13.6. The summed E-state index contributed by atoms with van der Waals surface area (Å²) in [5.74, 6) is 1.73. The Morgan fingerprint density at radius 2 is 2.00 bits per heavy atom. The molecule has 142 valence electrons. The van der Waals surface area contributed by atoms with E-state index >= 15 is 0 Å². The SMILES string of the molecule is COc1ccc(N2C(c3cccc(NC(C)=O)c3)=Nc3occc3C2N)cc1. The maximum atomic E-state index is 11.4. The zero-order valence-electron chi connectivity index (χ0n) is 15.5. The maximum absolute atomic E-state index is 11.4. The largest absolute Gasteiger partial charge is 0.497 e. The van der Waals surface area contributed by atoms with E-state index in [4.69, 9.17) is 19.9 Å². The van der Waals surface area contributed by atoms with E-state index in [-0.39, 0.29) is 5.91 Å². The normalized spacial score (nSPS) is 15.6. The van der Waals surface area contributed by atoms with Gasteiger partial charge in [0.15, 0.2) is 0 Å². The number of nitrogens with two attached hydrogens (primary N) is 1. The Balaban J connectivity index is 1.82. The highest BCUT2D eigenvalue weighted by atomic mass is 16.5. The lowest BCUT2D eigenvalue weighted by Crippen LogP contribution is -2.42. The van der Waals surface area contributed by atoms with Gasteiger partial charge in [0.25, 0.3) is 0 Å². The fourth-order valence-electron chi connectivity index (χ4n) is 3.22. The number of hydrogen-bond donors (Lipinski definition) is 2. The van der Waals surface area contributed by atoms with E-state index in [2.05, 4.69) is 5.32 Å². The molecule has 0 radical (unpaired) electrons. The van der Waals surface area contributed by atoms with Crippen LogP contribution in [0.4, 0.5) is 17.3 Å². The predicted octanol–water partition coefficient (Wildman–Crippen LogP) is 3.80. The van der Waals surface area contributed by atoms with E-state index in [1.165, 1.54) is 6.92 Å². The van der Waals surface area contributed by atoms with Gasteiger partial charge in [-0.1, -0.05) is 12.1 Å². The summed E-state index contributed by atoms with van der Waals surface area (Å²) in [6, 6.07) is 16.9. The molecule has 4 rings (SSSR count). The second kappa shape index (κ2) is 7.21. The summed E-state index contributed by atoms with van der Waals surface area (Å²) in [6.45, 7) is 1.47. The zero-order valence-corrected chi connectivity index (χ0v) is 15.5. The Bertz CT molecular complexity index is 1040. The van der Waals surface area contributed by atoms with Crippen LogP contribution in [0.15, 0.2) is 70.3 Å². The van der Waals surface area contributed by atoms with Crippen LogP contribution in [0.25, 0.3) is 0 Å². The minimum Gasteiger partial charge on any atom is -0.497 e. The number of fused-ring (bicyclic) bond motifs is 1. The Hall–Kier alpha value is -3.58. The summed E-state index contributed by atoms with van der Waals surface area (Å²) in [5, 5.41) is 2.80. The molecule has 2 heterocycles. The van der Waals surface area contributed by atoms with Crippen LogP contribution in [0.1, 0.15) is 24.2 Å². The van der Waals surface area contributed by atoms with Crippen LogP contribution in [0.3, 0.4) is 0 Å². The summed E-state index contributed by atoms with van der Waals surface area (Å²) in [7, 11) is 1.62. The quantitative estimate of drug-likeness (QED) is 0.722. The molecule has 1 aromatic heterocycles. The molecule has 7 nitrogen and oxygen atoms in total. The van der Waals surface area contributed by atoms with Crippen LogP contribution in [-0.4, -0.2) is 18.9 Å². The van der Waals surface area contributed by atoms with Crippen molar-refractivity contribution in [2.45, 2.75) is 13.1 Å². The third-order valence-corrected chi connectivity index (χ3v) is 4.50. The van der Waals surface area contributed by atoms with Crippen molar-refractivity contribution in [1.29, 1.82) is 0 Å². The predicted molar refractivity (Wildman–Crippen MR) is 108 cm³/mol. The topological polar surface area (TPSA) is 93.1 Å². The minimum atomic E-state index is -0.473. The average Bonchev–Trinajstić information content (AvgIpc) is 3.17. The number of methoxy groups -OCH3 is 1. The number of benzene rings is 2. The van der Waals surface area contributed by atoms with Crippen molar-refractivity contribution in [3.05, 3.63) is 72.0 Å². The highest BCUT2D eigenvalue weighted by Gasteiger charge is 2.31. The van der Waals surface area contributed by atoms with E-state index in [9.17, 15) is 4.79 Å². The third-order valence-electron chi connectivity index (χ3n) is 4.50. The van der Waals surface area contributed by atoms with Crippen molar-refractivity contribution in [2.75, 3.05) is 17.3 Å². The van der Waals surface area contributed by atoms with E-state index in [1.54, 1.807) is 13.4 Å². The van der Waals surface area contributed by atoms with Gasteiger partial charge in [-0.15, -0.1) is 0 Å². The van der Waals surface area contributed by atoms with E-state index in [0.717, 1.165) is 22.6 Å². The first-order valence-electron chi connectivity index (χ1n) is 8.80. The third kappa shape index (κ3) is 3.23. The number of rotatable bonds is 4. The molecule has 0 aliphatic carbocycles. The molecule has 1 unspecified atom stereocenters. The highest BCUT2D eigenvalue weighted by molar-refractivity contribution is 6.13. The first-order valence-corrected chi connectivity index (χ1v) is 8.80. The molecule has 28 heavy (non-hydrogen) atoms. The van der Waals surface area contributed by atoms with Crippen molar-refractivity contribution in [1.82, 2.24) is 0 Å². The number of hydrogen-bond acceptors (Lipinski definition) is 6. The van der Waals surface area contributed by atoms with Crippen LogP contribution < -0.4 is 20.7 Å². The van der Waals surface area contributed by atoms with Gasteiger partial charge >= 0.3 is 0 Å². The summed E-state index contributed by atoms with van der Waals surface area (Å²) < 4.78 is 10.8. The van der Waals surface area contributed by atoms with Crippen molar-refractivity contribution < 1.29 is 13.9 Å². The fraction of sp³-hybridized carbons (Fsp3) is 0.143. The Morgan fingerprint density at radius 3 is 2.71 bits per heavy atom. The molecule has 0 saturated carbocycles. The average molecular weight is 376 g/mol. The first kappa shape index (κ1) is 17.8. The molecule has 0 saturated heterocycles. The lowest BCUT2D eigenvalue weighted by molar-refractivity contribution is -0.114. The number of ether oxygens (including phenoxy) is 1.